The Kier molecular flexibility index (Phi) is 7.58. The Morgan fingerprint density at radius 1 is 0.383 bits per heavy atom. The van der Waals surface area contributed by atoms with Crippen molar-refractivity contribution < 1.29 is 0 Å². The van der Waals surface area contributed by atoms with Gasteiger partial charge in [0.25, 0.3) is 0 Å². The Hall–Kier alpha value is -7.62. The van der Waals surface area contributed by atoms with Crippen molar-refractivity contribution in [1.29, 1.82) is 0 Å². The molecule has 1 aliphatic carbocycles. The second kappa shape index (κ2) is 13.2. The van der Waals surface area contributed by atoms with Gasteiger partial charge in [0.05, 0.1) is 22.4 Å². The first-order valence-corrected chi connectivity index (χ1v) is 20.8. The molecule has 2 heterocycles. The maximum atomic E-state index is 5.51. The number of hydrogen-bond donors (Lipinski definition) is 0. The molecule has 0 amide bonds. The van der Waals surface area contributed by atoms with Crippen LogP contribution >= 0.6 is 0 Å². The van der Waals surface area contributed by atoms with Crippen molar-refractivity contribution in [2.75, 3.05) is 0 Å². The maximum Gasteiger partial charge on any atom is 0.161 e. The summed E-state index contributed by atoms with van der Waals surface area (Å²) in [6.07, 6.45) is 0. The monoisotopic (exact) mass is 765 g/mol. The zero-order valence-electron chi connectivity index (χ0n) is 33.4. The number of rotatable bonds is 5. The Balaban J connectivity index is 1.08. The summed E-state index contributed by atoms with van der Waals surface area (Å²) in [4.78, 5) is 10.9. The van der Waals surface area contributed by atoms with Crippen LogP contribution in [0.5, 0.6) is 0 Å². The molecule has 3 nitrogen and oxygen atoms in total. The predicted octanol–water partition coefficient (Wildman–Crippen LogP) is 14.9. The summed E-state index contributed by atoms with van der Waals surface area (Å²) >= 11 is 0. The van der Waals surface area contributed by atoms with Gasteiger partial charge in [-0.1, -0.05) is 178 Å². The van der Waals surface area contributed by atoms with Crippen LogP contribution in [0.1, 0.15) is 25.0 Å². The number of hydrogen-bond acceptors (Lipinski definition) is 2. The Morgan fingerprint density at radius 3 is 1.73 bits per heavy atom. The molecule has 12 rings (SSSR count). The Bertz CT molecular complexity index is 3500. The van der Waals surface area contributed by atoms with Crippen LogP contribution in [-0.2, 0) is 5.41 Å². The van der Waals surface area contributed by atoms with Gasteiger partial charge in [-0.3, -0.25) is 0 Å². The maximum absolute atomic E-state index is 5.51. The second-order valence-electron chi connectivity index (χ2n) is 16.5. The summed E-state index contributed by atoms with van der Waals surface area (Å²) in [6, 6.07) is 72.2. The van der Waals surface area contributed by atoms with E-state index in [4.69, 9.17) is 9.97 Å². The van der Waals surface area contributed by atoms with E-state index in [1.54, 1.807) is 0 Å². The van der Waals surface area contributed by atoms with E-state index in [-0.39, 0.29) is 5.41 Å². The fourth-order valence-corrected chi connectivity index (χ4v) is 10.2. The molecule has 0 saturated carbocycles. The lowest BCUT2D eigenvalue weighted by molar-refractivity contribution is 0.668. The SMILES string of the molecule is CC1(C)c2c(cccc2-c2ccc(-c3nc(-c4ccccc4)cc(-c4cccc5c4c4ccccc4n5-c4ccccc4)n3)c3ccccc23)-c2ccc3ccccc3c21. The Morgan fingerprint density at radius 2 is 0.933 bits per heavy atom. The van der Waals surface area contributed by atoms with Crippen LogP contribution in [0.15, 0.2) is 200 Å². The van der Waals surface area contributed by atoms with Gasteiger partial charge in [-0.2, -0.15) is 0 Å². The first-order chi connectivity index (χ1) is 29.5. The molecule has 0 aliphatic heterocycles. The second-order valence-corrected chi connectivity index (χ2v) is 16.5. The molecule has 1 aliphatic rings. The molecule has 0 fully saturated rings. The number of nitrogens with zero attached hydrogens (tertiary/aromatic N) is 3. The minimum Gasteiger partial charge on any atom is -0.309 e. The minimum absolute atomic E-state index is 0.200. The van der Waals surface area contributed by atoms with E-state index in [1.807, 2.05) is 0 Å². The molecule has 11 aromatic rings. The lowest BCUT2D eigenvalue weighted by atomic mass is 9.77. The van der Waals surface area contributed by atoms with Gasteiger partial charge >= 0.3 is 0 Å². The lowest BCUT2D eigenvalue weighted by Gasteiger charge is -2.26. The molecule has 9 aromatic carbocycles. The highest BCUT2D eigenvalue weighted by atomic mass is 15.0. The molecular weight excluding hydrogens is 727 g/mol. The molecule has 3 heteroatoms. The van der Waals surface area contributed by atoms with E-state index in [0.717, 1.165) is 50.2 Å². The van der Waals surface area contributed by atoms with Crippen LogP contribution in [0.4, 0.5) is 0 Å². The van der Waals surface area contributed by atoms with Gasteiger partial charge in [0.15, 0.2) is 5.82 Å². The van der Waals surface area contributed by atoms with Crippen LogP contribution in [-0.4, -0.2) is 14.5 Å². The van der Waals surface area contributed by atoms with Crippen molar-refractivity contribution in [2.24, 2.45) is 0 Å². The van der Waals surface area contributed by atoms with Crippen molar-refractivity contribution in [2.45, 2.75) is 19.3 Å². The van der Waals surface area contributed by atoms with Crippen molar-refractivity contribution >= 4 is 43.4 Å². The number of fused-ring (bicyclic) bond motifs is 9. The normalized spacial score (nSPS) is 13.0. The third-order valence-corrected chi connectivity index (χ3v) is 12.8. The smallest absolute Gasteiger partial charge is 0.161 e. The molecule has 2 aromatic heterocycles. The molecule has 0 N–H and O–H groups in total. The summed E-state index contributed by atoms with van der Waals surface area (Å²) in [5, 5.41) is 7.29. The highest BCUT2D eigenvalue weighted by Gasteiger charge is 2.39. The third-order valence-electron chi connectivity index (χ3n) is 12.8. The highest BCUT2D eigenvalue weighted by molar-refractivity contribution is 6.16. The number of benzene rings is 9. The van der Waals surface area contributed by atoms with E-state index in [1.165, 1.54) is 60.3 Å². The van der Waals surface area contributed by atoms with Gasteiger partial charge in [-0.05, 0) is 91.3 Å². The van der Waals surface area contributed by atoms with Gasteiger partial charge in [-0.25, -0.2) is 9.97 Å². The topological polar surface area (TPSA) is 30.7 Å². The molecule has 0 atom stereocenters. The minimum atomic E-state index is -0.200. The molecule has 0 saturated heterocycles. The predicted molar refractivity (Wildman–Crippen MR) is 251 cm³/mol. The van der Waals surface area contributed by atoms with Crippen molar-refractivity contribution in [3.8, 4) is 61.8 Å². The first-order valence-electron chi connectivity index (χ1n) is 20.8. The van der Waals surface area contributed by atoms with E-state index in [9.17, 15) is 0 Å². The number of para-hydroxylation sites is 2. The summed E-state index contributed by atoms with van der Waals surface area (Å²) in [7, 11) is 0. The Labute approximate surface area is 348 Å². The van der Waals surface area contributed by atoms with Crippen molar-refractivity contribution in [1.82, 2.24) is 14.5 Å². The highest BCUT2D eigenvalue weighted by Crippen LogP contribution is 2.55. The van der Waals surface area contributed by atoms with Gasteiger partial charge in [0.1, 0.15) is 0 Å². The van der Waals surface area contributed by atoms with Gasteiger partial charge in [-0.15, -0.1) is 0 Å². The lowest BCUT2D eigenvalue weighted by Crippen LogP contribution is -2.17. The van der Waals surface area contributed by atoms with Crippen molar-refractivity contribution in [3.05, 3.63) is 211 Å². The number of aromatic nitrogens is 3. The van der Waals surface area contributed by atoms with Crippen LogP contribution in [0, 0.1) is 0 Å². The zero-order valence-corrected chi connectivity index (χ0v) is 33.4. The molecule has 60 heavy (non-hydrogen) atoms. The van der Waals surface area contributed by atoms with Crippen LogP contribution in [0.25, 0.3) is 105 Å². The van der Waals surface area contributed by atoms with E-state index >= 15 is 0 Å². The molecule has 282 valence electrons. The van der Waals surface area contributed by atoms with Gasteiger partial charge < -0.3 is 4.57 Å². The van der Waals surface area contributed by atoms with Crippen LogP contribution < -0.4 is 0 Å². The summed E-state index contributed by atoms with van der Waals surface area (Å²) < 4.78 is 2.36. The van der Waals surface area contributed by atoms with Crippen molar-refractivity contribution in [3.63, 3.8) is 0 Å². The van der Waals surface area contributed by atoms with Crippen LogP contribution in [0.2, 0.25) is 0 Å². The van der Waals surface area contributed by atoms with Crippen LogP contribution in [0.3, 0.4) is 0 Å². The average molecular weight is 766 g/mol. The summed E-state index contributed by atoms with van der Waals surface area (Å²) in [5.74, 6) is 0.704. The van der Waals surface area contributed by atoms with Gasteiger partial charge in [0, 0.05) is 38.6 Å². The summed E-state index contributed by atoms with van der Waals surface area (Å²) in [5.41, 5.74) is 16.1. The first kappa shape index (κ1) is 34.4. The average Bonchev–Trinajstić information content (AvgIpc) is 3.78. The fraction of sp³-hybridized carbons (Fsp3) is 0.0526. The molecular formula is C57H39N3. The standard InChI is InChI=1S/C57H39N3/c1-57(2)54-39-22-10-9-17-36(39)31-32-45(54)44-27-15-26-43(55(44)57)42-33-34-46(41-24-12-11-23-40(41)42)56-58-49(37-18-5-3-6-19-37)35-50(59-56)47-28-16-30-52-53(47)48-25-13-14-29-51(48)60(52)38-20-7-4-8-21-38/h3-35H,1-2H3. The quantitative estimate of drug-likeness (QED) is 0.175. The van der Waals surface area contributed by atoms with E-state index in [0.29, 0.717) is 5.82 Å². The zero-order chi connectivity index (χ0) is 40.0. The van der Waals surface area contributed by atoms with Gasteiger partial charge in [0.2, 0.25) is 0 Å². The third kappa shape index (κ3) is 5.09. The fourth-order valence-electron chi connectivity index (χ4n) is 10.2. The molecule has 0 unspecified atom stereocenters. The molecule has 0 radical (unpaired) electrons. The molecule has 0 bridgehead atoms. The van der Waals surface area contributed by atoms with E-state index in [2.05, 4.69) is 219 Å². The van der Waals surface area contributed by atoms with E-state index < -0.39 is 0 Å². The molecule has 0 spiro atoms. The summed E-state index contributed by atoms with van der Waals surface area (Å²) in [6.45, 7) is 4.79. The largest absolute Gasteiger partial charge is 0.309 e.